The van der Waals surface area contributed by atoms with Crippen LogP contribution in [0.1, 0.15) is 52.4 Å². The van der Waals surface area contributed by atoms with Crippen LogP contribution < -0.4 is 5.32 Å². The fourth-order valence-corrected chi connectivity index (χ4v) is 2.82. The maximum atomic E-state index is 12.1. The van der Waals surface area contributed by atoms with Gasteiger partial charge in [-0.25, -0.2) is 0 Å². The highest BCUT2D eigenvalue weighted by molar-refractivity contribution is 5.76. The van der Waals surface area contributed by atoms with E-state index in [4.69, 9.17) is 0 Å². The highest BCUT2D eigenvalue weighted by Crippen LogP contribution is 2.30. The number of nitrogens with zero attached hydrogens (tertiary/aromatic N) is 1. The zero-order valence-electron chi connectivity index (χ0n) is 11.3. The molecule has 1 unspecified atom stereocenters. The Kier molecular flexibility index (Phi) is 4.08. The normalized spacial score (nSPS) is 28.4. The van der Waals surface area contributed by atoms with Gasteiger partial charge in [0.05, 0.1) is 0 Å². The standard InChI is InChI=1S/C14H26N2O/c1-14(2)7-10-16(11-8-14)13(17)6-5-12-4-3-9-15-12/h12,15H,3-11H2,1-2H3. The van der Waals surface area contributed by atoms with Crippen molar-refractivity contribution in [1.82, 2.24) is 10.2 Å². The molecule has 1 atom stereocenters. The summed E-state index contributed by atoms with van der Waals surface area (Å²) in [4.78, 5) is 14.1. The number of carbonyl (C=O) groups excluding carboxylic acids is 1. The third-order valence-corrected chi connectivity index (χ3v) is 4.34. The van der Waals surface area contributed by atoms with Gasteiger partial charge in [-0.15, -0.1) is 0 Å². The molecule has 2 heterocycles. The Bertz CT molecular complexity index is 259. The number of hydrogen-bond acceptors (Lipinski definition) is 2. The van der Waals surface area contributed by atoms with E-state index in [9.17, 15) is 4.79 Å². The van der Waals surface area contributed by atoms with Crippen molar-refractivity contribution in [2.75, 3.05) is 19.6 Å². The predicted octanol–water partition coefficient (Wildman–Crippen LogP) is 2.17. The van der Waals surface area contributed by atoms with Gasteiger partial charge in [0.1, 0.15) is 0 Å². The van der Waals surface area contributed by atoms with E-state index in [-0.39, 0.29) is 0 Å². The lowest BCUT2D eigenvalue weighted by Gasteiger charge is -2.37. The molecule has 2 saturated heterocycles. The summed E-state index contributed by atoms with van der Waals surface area (Å²) in [6.07, 6.45) is 6.59. The van der Waals surface area contributed by atoms with E-state index in [0.29, 0.717) is 17.4 Å². The second-order valence-corrected chi connectivity index (χ2v) is 6.38. The first-order chi connectivity index (χ1) is 8.07. The van der Waals surface area contributed by atoms with Crippen LogP contribution in [0.3, 0.4) is 0 Å². The van der Waals surface area contributed by atoms with Crippen molar-refractivity contribution in [2.45, 2.75) is 58.4 Å². The third kappa shape index (κ3) is 3.70. The Labute approximate surface area is 105 Å². The van der Waals surface area contributed by atoms with Crippen LogP contribution in [0.4, 0.5) is 0 Å². The molecule has 1 N–H and O–H groups in total. The van der Waals surface area contributed by atoms with E-state index >= 15 is 0 Å². The van der Waals surface area contributed by atoms with Gasteiger partial charge in [-0.3, -0.25) is 4.79 Å². The van der Waals surface area contributed by atoms with Crippen molar-refractivity contribution in [3.63, 3.8) is 0 Å². The molecule has 0 saturated carbocycles. The molecule has 0 aromatic rings. The molecule has 0 radical (unpaired) electrons. The fraction of sp³-hybridized carbons (Fsp3) is 0.929. The summed E-state index contributed by atoms with van der Waals surface area (Å²) < 4.78 is 0. The first kappa shape index (κ1) is 12.9. The molecule has 0 bridgehead atoms. The molecule has 0 aromatic carbocycles. The summed E-state index contributed by atoms with van der Waals surface area (Å²) in [5.74, 6) is 0.370. The van der Waals surface area contributed by atoms with Crippen LogP contribution in [0.2, 0.25) is 0 Å². The topological polar surface area (TPSA) is 32.3 Å². The molecular formula is C14H26N2O. The SMILES string of the molecule is CC1(C)CCN(C(=O)CCC2CCCN2)CC1. The molecule has 0 aromatic heterocycles. The fourth-order valence-electron chi connectivity index (χ4n) is 2.82. The average molecular weight is 238 g/mol. The van der Waals surface area contributed by atoms with Crippen LogP contribution in [-0.2, 0) is 4.79 Å². The van der Waals surface area contributed by atoms with Gasteiger partial charge >= 0.3 is 0 Å². The van der Waals surface area contributed by atoms with Crippen molar-refractivity contribution < 1.29 is 4.79 Å². The molecule has 1 amide bonds. The molecule has 0 aliphatic carbocycles. The van der Waals surface area contributed by atoms with Crippen molar-refractivity contribution in [3.05, 3.63) is 0 Å². The molecule has 2 fully saturated rings. The largest absolute Gasteiger partial charge is 0.343 e. The number of amides is 1. The molecule has 3 nitrogen and oxygen atoms in total. The van der Waals surface area contributed by atoms with Gasteiger partial charge in [0.2, 0.25) is 5.91 Å². The molecule has 2 aliphatic heterocycles. The van der Waals surface area contributed by atoms with Crippen molar-refractivity contribution in [3.8, 4) is 0 Å². The number of carbonyl (C=O) groups is 1. The lowest BCUT2D eigenvalue weighted by atomic mass is 9.82. The molecule has 17 heavy (non-hydrogen) atoms. The van der Waals surface area contributed by atoms with Crippen LogP contribution in [0.5, 0.6) is 0 Å². The minimum atomic E-state index is 0.370. The zero-order valence-corrected chi connectivity index (χ0v) is 11.3. The summed E-state index contributed by atoms with van der Waals surface area (Å²) in [5, 5.41) is 3.46. The first-order valence-corrected chi connectivity index (χ1v) is 7.08. The van der Waals surface area contributed by atoms with Crippen LogP contribution >= 0.6 is 0 Å². The molecule has 2 rings (SSSR count). The van der Waals surface area contributed by atoms with E-state index in [1.165, 1.54) is 12.8 Å². The number of hydrogen-bond donors (Lipinski definition) is 1. The van der Waals surface area contributed by atoms with E-state index < -0.39 is 0 Å². The lowest BCUT2D eigenvalue weighted by molar-refractivity contribution is -0.133. The van der Waals surface area contributed by atoms with Crippen molar-refractivity contribution >= 4 is 5.91 Å². The van der Waals surface area contributed by atoms with E-state index in [1.54, 1.807) is 0 Å². The number of likely N-dealkylation sites (tertiary alicyclic amines) is 1. The first-order valence-electron chi connectivity index (χ1n) is 7.08. The summed E-state index contributed by atoms with van der Waals surface area (Å²) in [6.45, 7) is 7.67. The van der Waals surface area contributed by atoms with Gasteiger partial charge in [-0.2, -0.15) is 0 Å². The Balaban J connectivity index is 1.69. The summed E-state index contributed by atoms with van der Waals surface area (Å²) in [5.41, 5.74) is 0.434. The van der Waals surface area contributed by atoms with E-state index in [1.807, 2.05) is 0 Å². The van der Waals surface area contributed by atoms with Crippen LogP contribution in [-0.4, -0.2) is 36.5 Å². The molecule has 0 spiro atoms. The highest BCUT2D eigenvalue weighted by atomic mass is 16.2. The van der Waals surface area contributed by atoms with Crippen LogP contribution in [0, 0.1) is 5.41 Å². The summed E-state index contributed by atoms with van der Waals surface area (Å²) in [6, 6.07) is 0.597. The molecule has 3 heteroatoms. The van der Waals surface area contributed by atoms with Gasteiger partial charge in [0.25, 0.3) is 0 Å². The second-order valence-electron chi connectivity index (χ2n) is 6.38. The minimum absolute atomic E-state index is 0.370. The molecule has 98 valence electrons. The average Bonchev–Trinajstić information content (AvgIpc) is 2.78. The number of rotatable bonds is 3. The van der Waals surface area contributed by atoms with Gasteiger partial charge in [0.15, 0.2) is 0 Å². The Hall–Kier alpha value is -0.570. The molecular weight excluding hydrogens is 212 g/mol. The summed E-state index contributed by atoms with van der Waals surface area (Å²) >= 11 is 0. The zero-order chi connectivity index (χ0) is 12.3. The number of piperidine rings is 1. The lowest BCUT2D eigenvalue weighted by Crippen LogP contribution is -2.41. The van der Waals surface area contributed by atoms with Gasteiger partial charge in [-0.1, -0.05) is 13.8 Å². The van der Waals surface area contributed by atoms with Gasteiger partial charge < -0.3 is 10.2 Å². The van der Waals surface area contributed by atoms with E-state index in [0.717, 1.165) is 45.3 Å². The van der Waals surface area contributed by atoms with Gasteiger partial charge in [-0.05, 0) is 44.1 Å². The Morgan fingerprint density at radius 2 is 2.06 bits per heavy atom. The number of nitrogens with one attached hydrogen (secondary N) is 1. The van der Waals surface area contributed by atoms with Gasteiger partial charge in [0, 0.05) is 25.6 Å². The maximum absolute atomic E-state index is 12.1. The summed E-state index contributed by atoms with van der Waals surface area (Å²) in [7, 11) is 0. The maximum Gasteiger partial charge on any atom is 0.222 e. The smallest absolute Gasteiger partial charge is 0.222 e. The highest BCUT2D eigenvalue weighted by Gasteiger charge is 2.28. The van der Waals surface area contributed by atoms with Crippen molar-refractivity contribution in [2.24, 2.45) is 5.41 Å². The molecule has 2 aliphatic rings. The van der Waals surface area contributed by atoms with Crippen LogP contribution in [0.15, 0.2) is 0 Å². The quantitative estimate of drug-likeness (QED) is 0.817. The van der Waals surface area contributed by atoms with Crippen LogP contribution in [0.25, 0.3) is 0 Å². The van der Waals surface area contributed by atoms with E-state index in [2.05, 4.69) is 24.1 Å². The predicted molar refractivity (Wildman–Crippen MR) is 69.9 cm³/mol. The third-order valence-electron chi connectivity index (χ3n) is 4.34. The Morgan fingerprint density at radius 3 is 2.65 bits per heavy atom. The Morgan fingerprint density at radius 1 is 1.35 bits per heavy atom. The van der Waals surface area contributed by atoms with Crippen molar-refractivity contribution in [1.29, 1.82) is 0 Å². The monoisotopic (exact) mass is 238 g/mol. The second kappa shape index (κ2) is 5.38. The minimum Gasteiger partial charge on any atom is -0.343 e.